The van der Waals surface area contributed by atoms with E-state index in [1.807, 2.05) is 24.3 Å². The highest BCUT2D eigenvalue weighted by Gasteiger charge is 2.31. The van der Waals surface area contributed by atoms with Crippen molar-refractivity contribution in [3.8, 4) is 11.5 Å². The lowest BCUT2D eigenvalue weighted by Gasteiger charge is -2.25. The molecule has 0 aliphatic carbocycles. The summed E-state index contributed by atoms with van der Waals surface area (Å²) in [5, 5.41) is 46.4. The van der Waals surface area contributed by atoms with Crippen LogP contribution in [0.1, 0.15) is 16.7 Å². The fourth-order valence-electron chi connectivity index (χ4n) is 4.79. The fourth-order valence-corrected chi connectivity index (χ4v) is 4.79. The van der Waals surface area contributed by atoms with Crippen LogP contribution in [0.25, 0.3) is 10.9 Å². The first kappa shape index (κ1) is 32.5. The number of aromatic hydroxyl groups is 2. The van der Waals surface area contributed by atoms with Gasteiger partial charge in [-0.05, 0) is 53.4 Å². The van der Waals surface area contributed by atoms with Crippen molar-refractivity contribution in [1.29, 1.82) is 0 Å². The standard InChI is InChI=1S/C32H35N5O8/c33-24(13-18-5-9-21(39)10-6-18)29(41)35-26(14-19-7-11-22(40)12-8-19)30(42)36-27(31(43)37-28(17-38)32(44)45)15-20-16-34-25-4-2-1-3-23(20)25/h1-12,16,24,26-28,34,38-40H,13-15,17,33H2,(H,35,41)(H,36,42)(H,37,43)(H,44,45). The van der Waals surface area contributed by atoms with E-state index in [2.05, 4.69) is 20.9 Å². The van der Waals surface area contributed by atoms with Crippen LogP contribution in [0.2, 0.25) is 0 Å². The average Bonchev–Trinajstić information content (AvgIpc) is 3.43. The maximum absolute atomic E-state index is 13.8. The summed E-state index contributed by atoms with van der Waals surface area (Å²) in [5.41, 5.74) is 8.88. The van der Waals surface area contributed by atoms with E-state index in [-0.39, 0.29) is 30.8 Å². The van der Waals surface area contributed by atoms with Crippen LogP contribution in [0.4, 0.5) is 0 Å². The third-order valence-electron chi connectivity index (χ3n) is 7.27. The minimum absolute atomic E-state index is 0.00652. The summed E-state index contributed by atoms with van der Waals surface area (Å²) in [6.07, 6.45) is 1.72. The highest BCUT2D eigenvalue weighted by Crippen LogP contribution is 2.20. The summed E-state index contributed by atoms with van der Waals surface area (Å²) in [6, 6.07) is 14.3. The lowest BCUT2D eigenvalue weighted by molar-refractivity contribution is -0.143. The number of aliphatic hydroxyl groups is 1. The van der Waals surface area contributed by atoms with Gasteiger partial charge >= 0.3 is 5.97 Å². The number of nitrogens with two attached hydrogens (primary N) is 1. The zero-order valence-corrected chi connectivity index (χ0v) is 24.1. The van der Waals surface area contributed by atoms with Gasteiger partial charge in [-0.3, -0.25) is 14.4 Å². The Morgan fingerprint density at radius 2 is 1.20 bits per heavy atom. The van der Waals surface area contributed by atoms with Crippen LogP contribution in [0, 0.1) is 0 Å². The number of aliphatic hydroxyl groups excluding tert-OH is 1. The normalized spacial score (nSPS) is 13.7. The number of aromatic amines is 1. The number of carboxylic acid groups (broad SMARTS) is 1. The highest BCUT2D eigenvalue weighted by molar-refractivity contribution is 5.95. The molecule has 4 unspecified atom stereocenters. The molecule has 13 nitrogen and oxygen atoms in total. The molecule has 0 aliphatic rings. The number of rotatable bonds is 14. The number of aliphatic carboxylic acids is 1. The molecule has 0 aliphatic heterocycles. The first-order valence-corrected chi connectivity index (χ1v) is 14.1. The number of hydrogen-bond acceptors (Lipinski definition) is 8. The van der Waals surface area contributed by atoms with E-state index in [1.165, 1.54) is 24.3 Å². The number of amides is 3. The molecule has 1 aromatic heterocycles. The number of carbonyl (C=O) groups excluding carboxylic acids is 3. The fraction of sp³-hybridized carbons (Fsp3) is 0.250. The SMILES string of the molecule is NC(Cc1ccc(O)cc1)C(=O)NC(Cc1ccc(O)cc1)C(=O)NC(Cc1c[nH]c2ccccc12)C(=O)NC(CO)C(=O)O. The number of benzene rings is 3. The molecule has 4 rings (SSSR count). The van der Waals surface area contributed by atoms with Gasteiger partial charge in [-0.2, -0.15) is 0 Å². The van der Waals surface area contributed by atoms with E-state index in [0.717, 1.165) is 10.9 Å². The Bertz CT molecular complexity index is 1640. The number of hydrogen-bond donors (Lipinski definition) is 9. The molecule has 0 saturated carbocycles. The molecule has 0 saturated heterocycles. The number of phenolic OH excluding ortho intramolecular Hbond substituents is 2. The number of phenols is 2. The number of fused-ring (bicyclic) bond motifs is 1. The number of carboxylic acids is 1. The second kappa shape index (κ2) is 14.9. The number of H-pyrrole nitrogens is 1. The van der Waals surface area contributed by atoms with Crippen molar-refractivity contribution < 1.29 is 39.6 Å². The van der Waals surface area contributed by atoms with Crippen molar-refractivity contribution in [3.05, 3.63) is 95.7 Å². The van der Waals surface area contributed by atoms with Crippen molar-refractivity contribution in [2.45, 2.75) is 43.4 Å². The first-order valence-electron chi connectivity index (χ1n) is 14.1. The third-order valence-corrected chi connectivity index (χ3v) is 7.27. The van der Waals surface area contributed by atoms with Crippen molar-refractivity contribution in [1.82, 2.24) is 20.9 Å². The summed E-state index contributed by atoms with van der Waals surface area (Å²) < 4.78 is 0. The average molecular weight is 618 g/mol. The molecule has 0 radical (unpaired) electrons. The van der Waals surface area contributed by atoms with Gasteiger partial charge in [0.05, 0.1) is 12.6 Å². The van der Waals surface area contributed by atoms with Crippen LogP contribution in [-0.2, 0) is 38.4 Å². The summed E-state index contributed by atoms with van der Waals surface area (Å²) in [5.74, 6) is -3.64. The molecule has 3 aromatic carbocycles. The maximum Gasteiger partial charge on any atom is 0.328 e. The summed E-state index contributed by atoms with van der Waals surface area (Å²) in [6.45, 7) is -0.868. The lowest BCUT2D eigenvalue weighted by atomic mass is 10.0. The van der Waals surface area contributed by atoms with Crippen molar-refractivity contribution in [2.24, 2.45) is 5.73 Å². The summed E-state index contributed by atoms with van der Waals surface area (Å²) in [7, 11) is 0. The topological polar surface area (TPSA) is 227 Å². The second-order valence-corrected chi connectivity index (χ2v) is 10.6. The Kier molecular flexibility index (Phi) is 10.7. The Balaban J connectivity index is 1.58. The molecule has 45 heavy (non-hydrogen) atoms. The maximum atomic E-state index is 13.8. The molecule has 13 heteroatoms. The van der Waals surface area contributed by atoms with E-state index < -0.39 is 54.5 Å². The summed E-state index contributed by atoms with van der Waals surface area (Å²) in [4.78, 5) is 54.9. The van der Waals surface area contributed by atoms with Gasteiger partial charge in [-0.15, -0.1) is 0 Å². The largest absolute Gasteiger partial charge is 0.508 e. The van der Waals surface area contributed by atoms with Crippen LogP contribution < -0.4 is 21.7 Å². The predicted molar refractivity (Wildman–Crippen MR) is 164 cm³/mol. The van der Waals surface area contributed by atoms with Gasteiger partial charge in [-0.25, -0.2) is 4.79 Å². The van der Waals surface area contributed by atoms with Crippen LogP contribution in [0.15, 0.2) is 79.0 Å². The molecular formula is C32H35N5O8. The van der Waals surface area contributed by atoms with E-state index in [4.69, 9.17) is 5.73 Å². The smallest absolute Gasteiger partial charge is 0.328 e. The van der Waals surface area contributed by atoms with Gasteiger partial charge in [0.25, 0.3) is 0 Å². The summed E-state index contributed by atoms with van der Waals surface area (Å²) >= 11 is 0. The zero-order valence-electron chi connectivity index (χ0n) is 24.1. The van der Waals surface area contributed by atoms with Gasteiger partial charge in [-0.1, -0.05) is 42.5 Å². The number of para-hydroxylation sites is 1. The molecular weight excluding hydrogens is 582 g/mol. The molecule has 0 spiro atoms. The van der Waals surface area contributed by atoms with Crippen LogP contribution in [-0.4, -0.2) is 79.9 Å². The minimum Gasteiger partial charge on any atom is -0.508 e. The van der Waals surface area contributed by atoms with Crippen LogP contribution in [0.3, 0.4) is 0 Å². The monoisotopic (exact) mass is 617 g/mol. The Morgan fingerprint density at radius 3 is 1.78 bits per heavy atom. The van der Waals surface area contributed by atoms with Gasteiger partial charge in [0.15, 0.2) is 0 Å². The van der Waals surface area contributed by atoms with E-state index in [1.54, 1.807) is 30.5 Å². The third kappa shape index (κ3) is 8.81. The van der Waals surface area contributed by atoms with Crippen LogP contribution >= 0.6 is 0 Å². The molecule has 1 heterocycles. The van der Waals surface area contributed by atoms with Crippen molar-refractivity contribution >= 4 is 34.6 Å². The molecule has 3 amide bonds. The Labute approximate surface area is 258 Å². The predicted octanol–water partition coefficient (Wildman–Crippen LogP) is 0.466. The van der Waals surface area contributed by atoms with E-state index in [0.29, 0.717) is 16.7 Å². The number of aromatic nitrogens is 1. The molecule has 236 valence electrons. The Morgan fingerprint density at radius 1 is 0.689 bits per heavy atom. The molecule has 10 N–H and O–H groups in total. The van der Waals surface area contributed by atoms with Gasteiger partial charge in [0, 0.05) is 29.9 Å². The van der Waals surface area contributed by atoms with Gasteiger partial charge < -0.3 is 47.1 Å². The minimum atomic E-state index is -1.61. The van der Waals surface area contributed by atoms with Crippen molar-refractivity contribution in [3.63, 3.8) is 0 Å². The van der Waals surface area contributed by atoms with Gasteiger partial charge in [0.1, 0.15) is 29.6 Å². The Hall–Kier alpha value is -5.40. The first-order chi connectivity index (χ1) is 21.5. The zero-order chi connectivity index (χ0) is 32.5. The number of carbonyl (C=O) groups is 4. The highest BCUT2D eigenvalue weighted by atomic mass is 16.4. The lowest BCUT2D eigenvalue weighted by Crippen LogP contribution is -2.58. The molecule has 4 aromatic rings. The molecule has 4 atom stereocenters. The van der Waals surface area contributed by atoms with E-state index in [9.17, 15) is 39.6 Å². The van der Waals surface area contributed by atoms with Crippen molar-refractivity contribution in [2.75, 3.05) is 6.61 Å². The second-order valence-electron chi connectivity index (χ2n) is 10.6. The van der Waals surface area contributed by atoms with Gasteiger partial charge in [0.2, 0.25) is 17.7 Å². The quantitative estimate of drug-likeness (QED) is 0.0956. The molecule has 0 fully saturated rings. The molecule has 0 bridgehead atoms. The van der Waals surface area contributed by atoms with Crippen LogP contribution in [0.5, 0.6) is 11.5 Å². The number of nitrogens with one attached hydrogen (secondary N) is 4. The van der Waals surface area contributed by atoms with E-state index >= 15 is 0 Å².